The number of unbranched alkanes of at least 4 members (excludes halogenated alkanes) is 4. The zero-order valence-corrected chi connectivity index (χ0v) is 13.1. The number of alkyl halides is 2. The molecule has 8 heteroatoms. The van der Waals surface area contributed by atoms with Crippen LogP contribution in [-0.4, -0.2) is 57.2 Å². The summed E-state index contributed by atoms with van der Waals surface area (Å²) >= 11 is 0. The second-order valence-electron chi connectivity index (χ2n) is 5.61. The number of halogens is 2. The molecule has 0 aromatic carbocycles. The maximum absolute atomic E-state index is 11.9. The molecule has 0 fully saturated rings. The van der Waals surface area contributed by atoms with Crippen molar-refractivity contribution in [3.63, 3.8) is 0 Å². The van der Waals surface area contributed by atoms with Gasteiger partial charge in [0.15, 0.2) is 5.54 Å². The highest BCUT2D eigenvalue weighted by atomic mass is 19.3. The lowest BCUT2D eigenvalue weighted by atomic mass is 9.89. The van der Waals surface area contributed by atoms with Crippen LogP contribution < -0.4 is 5.73 Å². The average molecular weight is 339 g/mol. The summed E-state index contributed by atoms with van der Waals surface area (Å²) in [6.07, 6.45) is 1.41. The molecular formula is C15H27F2NO5. The number of rotatable bonds is 13. The summed E-state index contributed by atoms with van der Waals surface area (Å²) in [6, 6.07) is 0. The van der Waals surface area contributed by atoms with E-state index in [1.807, 2.05) is 0 Å². The fourth-order valence-electron chi connectivity index (χ4n) is 2.03. The Bertz CT molecular complexity index is 368. The van der Waals surface area contributed by atoms with Crippen LogP contribution in [0.25, 0.3) is 0 Å². The highest BCUT2D eigenvalue weighted by Crippen LogP contribution is 2.15. The molecule has 136 valence electrons. The van der Waals surface area contributed by atoms with E-state index < -0.39 is 36.7 Å². The molecule has 0 rings (SSSR count). The molecule has 0 aromatic heterocycles. The molecule has 0 aliphatic heterocycles. The van der Waals surface area contributed by atoms with E-state index in [9.17, 15) is 23.8 Å². The first-order valence-corrected chi connectivity index (χ1v) is 7.68. The number of carboxylic acid groups (broad SMARTS) is 1. The normalized spacial score (nSPS) is 17.3. The topological polar surface area (TPSA) is 124 Å². The molecule has 0 aromatic rings. The second-order valence-corrected chi connectivity index (χ2v) is 5.61. The summed E-state index contributed by atoms with van der Waals surface area (Å²) in [4.78, 5) is 10.9. The second kappa shape index (κ2) is 11.4. The number of hydrogen-bond donors (Lipinski definition) is 5. The van der Waals surface area contributed by atoms with E-state index in [0.717, 1.165) is 19.3 Å². The number of allylic oxidation sites excluding steroid dienone is 1. The molecule has 0 amide bonds. The molecule has 0 saturated heterocycles. The van der Waals surface area contributed by atoms with Crippen molar-refractivity contribution in [2.24, 2.45) is 5.73 Å². The van der Waals surface area contributed by atoms with Crippen molar-refractivity contribution in [1.29, 1.82) is 0 Å². The molecule has 3 unspecified atom stereocenters. The van der Waals surface area contributed by atoms with Gasteiger partial charge >= 0.3 is 5.97 Å². The van der Waals surface area contributed by atoms with Gasteiger partial charge in [-0.15, -0.1) is 0 Å². The quantitative estimate of drug-likeness (QED) is 0.252. The summed E-state index contributed by atoms with van der Waals surface area (Å²) in [7, 11) is 0. The summed E-state index contributed by atoms with van der Waals surface area (Å²) in [5.74, 6) is -1.60. The van der Waals surface area contributed by atoms with Gasteiger partial charge in [0, 0.05) is 6.42 Å². The van der Waals surface area contributed by atoms with Gasteiger partial charge in [0.1, 0.15) is 6.10 Å². The molecule has 0 saturated carbocycles. The molecule has 6 nitrogen and oxygen atoms in total. The Morgan fingerprint density at radius 3 is 2.26 bits per heavy atom. The minimum absolute atomic E-state index is 0.00121. The highest BCUT2D eigenvalue weighted by Gasteiger charge is 2.44. The third kappa shape index (κ3) is 8.36. The summed E-state index contributed by atoms with van der Waals surface area (Å²) in [6.45, 7) is -0.997. The van der Waals surface area contributed by atoms with Gasteiger partial charge in [0.25, 0.3) is 0 Å². The van der Waals surface area contributed by atoms with Crippen LogP contribution in [0.1, 0.15) is 44.9 Å². The van der Waals surface area contributed by atoms with Gasteiger partial charge in [0.2, 0.25) is 6.43 Å². The standard InChI is InChI=1S/C15H27F2NO5/c16-12(17)9-7-5-3-1-2-4-6-8-11(20)13(21)15(18,10-19)14(22)23/h4,6,11-13,19-21H,1-3,5,7-10,18H2,(H,22,23)/b6-4+. The lowest BCUT2D eigenvalue weighted by molar-refractivity contribution is -0.154. The van der Waals surface area contributed by atoms with Crippen LogP contribution >= 0.6 is 0 Å². The molecule has 0 radical (unpaired) electrons. The van der Waals surface area contributed by atoms with Crippen molar-refractivity contribution >= 4 is 5.97 Å². The third-order valence-electron chi connectivity index (χ3n) is 3.64. The number of hydrogen-bond acceptors (Lipinski definition) is 5. The molecule has 0 heterocycles. The molecule has 3 atom stereocenters. The first-order chi connectivity index (χ1) is 10.8. The first-order valence-electron chi connectivity index (χ1n) is 7.68. The Kier molecular flexibility index (Phi) is 10.9. The van der Waals surface area contributed by atoms with Crippen molar-refractivity contribution in [3.05, 3.63) is 12.2 Å². The highest BCUT2D eigenvalue weighted by molar-refractivity contribution is 5.79. The number of aliphatic hydroxyl groups excluding tert-OH is 3. The predicted octanol–water partition coefficient (Wildman–Crippen LogP) is 1.03. The van der Waals surface area contributed by atoms with Gasteiger partial charge in [0.05, 0.1) is 12.7 Å². The Hall–Kier alpha value is -1.09. The van der Waals surface area contributed by atoms with Crippen LogP contribution in [0.2, 0.25) is 0 Å². The number of nitrogens with two attached hydrogens (primary N) is 1. The largest absolute Gasteiger partial charge is 0.480 e. The molecule has 0 aliphatic rings. The van der Waals surface area contributed by atoms with Crippen LogP contribution in [0.4, 0.5) is 8.78 Å². The SMILES string of the molecule is NC(CO)(C(=O)O)C(O)C(O)C/C=C/CCCCCCC(F)F. The van der Waals surface area contributed by atoms with Crippen LogP contribution in [0.5, 0.6) is 0 Å². The zero-order chi connectivity index (χ0) is 17.9. The minimum Gasteiger partial charge on any atom is -0.480 e. The summed E-state index contributed by atoms with van der Waals surface area (Å²) in [5.41, 5.74) is 3.06. The van der Waals surface area contributed by atoms with E-state index in [0.29, 0.717) is 12.8 Å². The Morgan fingerprint density at radius 1 is 1.13 bits per heavy atom. The molecule has 0 aliphatic carbocycles. The van der Waals surface area contributed by atoms with E-state index in [4.69, 9.17) is 15.9 Å². The van der Waals surface area contributed by atoms with Gasteiger partial charge in [-0.1, -0.05) is 25.0 Å². The lowest BCUT2D eigenvalue weighted by Crippen LogP contribution is -2.63. The van der Waals surface area contributed by atoms with Crippen LogP contribution in [-0.2, 0) is 4.79 Å². The number of aliphatic hydroxyl groups is 3. The van der Waals surface area contributed by atoms with E-state index in [2.05, 4.69) is 0 Å². The monoisotopic (exact) mass is 339 g/mol. The molecule has 0 bridgehead atoms. The van der Waals surface area contributed by atoms with Gasteiger partial charge < -0.3 is 26.2 Å². The lowest BCUT2D eigenvalue weighted by Gasteiger charge is -2.30. The van der Waals surface area contributed by atoms with Crippen molar-refractivity contribution in [2.45, 2.75) is 69.1 Å². The number of carbonyl (C=O) groups is 1. The molecule has 6 N–H and O–H groups in total. The fourth-order valence-corrected chi connectivity index (χ4v) is 2.03. The molecular weight excluding hydrogens is 312 g/mol. The summed E-state index contributed by atoms with van der Waals surface area (Å²) in [5, 5.41) is 37.3. The van der Waals surface area contributed by atoms with Crippen LogP contribution in [0.3, 0.4) is 0 Å². The van der Waals surface area contributed by atoms with E-state index in [-0.39, 0.29) is 12.8 Å². The fraction of sp³-hybridized carbons (Fsp3) is 0.800. The van der Waals surface area contributed by atoms with Gasteiger partial charge in [-0.05, 0) is 25.7 Å². The van der Waals surface area contributed by atoms with Crippen molar-refractivity contribution in [3.8, 4) is 0 Å². The molecule has 23 heavy (non-hydrogen) atoms. The Labute approximate surface area is 134 Å². The maximum atomic E-state index is 11.9. The summed E-state index contributed by atoms with van der Waals surface area (Å²) < 4.78 is 23.8. The number of aliphatic carboxylic acids is 1. The maximum Gasteiger partial charge on any atom is 0.328 e. The van der Waals surface area contributed by atoms with E-state index in [1.165, 1.54) is 0 Å². The van der Waals surface area contributed by atoms with Crippen molar-refractivity contribution in [1.82, 2.24) is 0 Å². The molecule has 0 spiro atoms. The van der Waals surface area contributed by atoms with Crippen molar-refractivity contribution in [2.75, 3.05) is 6.61 Å². The predicted molar refractivity (Wildman–Crippen MR) is 81.1 cm³/mol. The third-order valence-corrected chi connectivity index (χ3v) is 3.64. The van der Waals surface area contributed by atoms with Crippen molar-refractivity contribution < 1.29 is 34.0 Å². The average Bonchev–Trinajstić information content (AvgIpc) is 2.50. The first kappa shape index (κ1) is 21.9. The van der Waals surface area contributed by atoms with Crippen LogP contribution in [0, 0.1) is 0 Å². The Balaban J connectivity index is 3.96. The van der Waals surface area contributed by atoms with Gasteiger partial charge in [-0.25, -0.2) is 8.78 Å². The van der Waals surface area contributed by atoms with Crippen LogP contribution in [0.15, 0.2) is 12.2 Å². The van der Waals surface area contributed by atoms with E-state index in [1.54, 1.807) is 12.2 Å². The van der Waals surface area contributed by atoms with E-state index >= 15 is 0 Å². The zero-order valence-electron chi connectivity index (χ0n) is 13.1. The van der Waals surface area contributed by atoms with Gasteiger partial charge in [-0.2, -0.15) is 0 Å². The smallest absolute Gasteiger partial charge is 0.328 e. The minimum atomic E-state index is -2.31. The Morgan fingerprint density at radius 2 is 1.74 bits per heavy atom. The van der Waals surface area contributed by atoms with Gasteiger partial charge in [-0.3, -0.25) is 4.79 Å². The number of carboxylic acids is 1.